The molecule has 0 spiro atoms. The molecule has 2 aliphatic rings. The zero-order valence-corrected chi connectivity index (χ0v) is 29.9. The van der Waals surface area contributed by atoms with E-state index in [4.69, 9.17) is 0 Å². The molecule has 224 valence electrons. The zero-order valence-electron chi connectivity index (χ0n) is 25.9. The number of hydrogen-bond donors (Lipinski definition) is 0. The molecule has 0 aliphatic heterocycles. The lowest BCUT2D eigenvalue weighted by Gasteiger charge is -2.27. The molecule has 45 heavy (non-hydrogen) atoms. The van der Waals surface area contributed by atoms with Gasteiger partial charge in [-0.15, -0.1) is 0 Å². The molecule has 0 saturated heterocycles. The van der Waals surface area contributed by atoms with E-state index in [1.807, 2.05) is 0 Å². The summed E-state index contributed by atoms with van der Waals surface area (Å²) >= 11 is 8.02. The SMILES string of the molecule is CN(C)C1=Cc2c(P(c3ccccc3)c3ccc(Br)c4c3C=C(N(C)C)C4c3ccccc3)ccc(Br)c2C1c1ccccc1. The molecule has 2 unspecified atom stereocenters. The maximum Gasteiger partial charge on any atom is 0.0506 e. The Morgan fingerprint density at radius 3 is 1.24 bits per heavy atom. The van der Waals surface area contributed by atoms with E-state index in [0.29, 0.717) is 0 Å². The topological polar surface area (TPSA) is 6.48 Å². The van der Waals surface area contributed by atoms with Gasteiger partial charge in [0.25, 0.3) is 0 Å². The molecule has 0 heterocycles. The summed E-state index contributed by atoms with van der Waals surface area (Å²) in [6.45, 7) is 0. The third-order valence-corrected chi connectivity index (χ3v) is 12.9. The molecule has 2 aliphatic carbocycles. The second-order valence-corrected chi connectivity index (χ2v) is 15.9. The molecule has 0 fully saturated rings. The van der Waals surface area contributed by atoms with Crippen LogP contribution in [0.15, 0.2) is 136 Å². The van der Waals surface area contributed by atoms with Crippen LogP contribution >= 0.6 is 39.8 Å². The second-order valence-electron chi connectivity index (χ2n) is 12.1. The van der Waals surface area contributed by atoms with Gasteiger partial charge in [0.2, 0.25) is 0 Å². The Kier molecular flexibility index (Phi) is 8.33. The van der Waals surface area contributed by atoms with E-state index in [9.17, 15) is 0 Å². The third-order valence-electron chi connectivity index (χ3n) is 8.97. The molecule has 2 nitrogen and oxygen atoms in total. The summed E-state index contributed by atoms with van der Waals surface area (Å²) in [5, 5.41) is 4.13. The number of nitrogens with zero attached hydrogens (tertiary/aromatic N) is 2. The van der Waals surface area contributed by atoms with Crippen LogP contribution in [0.25, 0.3) is 12.2 Å². The Labute approximate surface area is 285 Å². The first-order valence-corrected chi connectivity index (χ1v) is 18.2. The fraction of sp³-hybridized carbons (Fsp3) is 0.150. The quantitative estimate of drug-likeness (QED) is 0.154. The number of halogens is 2. The van der Waals surface area contributed by atoms with Crippen molar-refractivity contribution in [1.29, 1.82) is 0 Å². The van der Waals surface area contributed by atoms with Crippen molar-refractivity contribution >= 4 is 67.8 Å². The van der Waals surface area contributed by atoms with Gasteiger partial charge >= 0.3 is 0 Å². The highest BCUT2D eigenvalue weighted by atomic mass is 79.9. The summed E-state index contributed by atoms with van der Waals surface area (Å²) in [5.74, 6) is 0.327. The Hall–Kier alpha value is -3.43. The Morgan fingerprint density at radius 2 is 0.867 bits per heavy atom. The van der Waals surface area contributed by atoms with Gasteiger partial charge in [-0.1, -0.05) is 135 Å². The zero-order chi connectivity index (χ0) is 31.2. The number of fused-ring (bicyclic) bond motifs is 2. The standard InChI is InChI=1S/C40H35Br2N2P/c1-43(2)33-24-29-35(22-20-31(41)39(29)37(33)26-14-8-5-9-15-26)45(28-18-12-7-13-19-28)36-23-21-32(42)40-30(36)25-34(44(3)4)38(40)27-16-10-6-11-17-27/h5-25,37-38H,1-4H3. The van der Waals surface area contributed by atoms with Crippen molar-refractivity contribution in [3.05, 3.63) is 169 Å². The molecule has 2 atom stereocenters. The minimum atomic E-state index is -0.897. The normalized spacial score (nSPS) is 17.3. The Balaban J connectivity index is 1.50. The lowest BCUT2D eigenvalue weighted by molar-refractivity contribution is 0.489. The van der Waals surface area contributed by atoms with E-state index >= 15 is 0 Å². The van der Waals surface area contributed by atoms with E-state index in [0.717, 1.165) is 8.95 Å². The van der Waals surface area contributed by atoms with Crippen LogP contribution in [0, 0.1) is 0 Å². The summed E-state index contributed by atoms with van der Waals surface area (Å²) in [4.78, 5) is 4.57. The first-order chi connectivity index (χ1) is 21.8. The van der Waals surface area contributed by atoms with Crippen LogP contribution < -0.4 is 15.9 Å². The summed E-state index contributed by atoms with van der Waals surface area (Å²) < 4.78 is 2.32. The van der Waals surface area contributed by atoms with Crippen LogP contribution in [0.1, 0.15) is 45.2 Å². The highest BCUT2D eigenvalue weighted by molar-refractivity contribution is 9.10. The van der Waals surface area contributed by atoms with Crippen LogP contribution in [-0.4, -0.2) is 38.0 Å². The number of allylic oxidation sites excluding steroid dienone is 2. The van der Waals surface area contributed by atoms with Crippen LogP contribution in [0.5, 0.6) is 0 Å². The molecular formula is C40H35Br2N2P. The first kappa shape index (κ1) is 30.2. The fourth-order valence-corrected chi connectivity index (χ4v) is 10.7. The smallest absolute Gasteiger partial charge is 0.0506 e. The molecule has 0 bridgehead atoms. The van der Waals surface area contributed by atoms with Gasteiger partial charge in [-0.25, -0.2) is 0 Å². The van der Waals surface area contributed by atoms with E-state index in [-0.39, 0.29) is 11.8 Å². The van der Waals surface area contributed by atoms with Crippen LogP contribution in [0.3, 0.4) is 0 Å². The average Bonchev–Trinajstić information content (AvgIpc) is 3.67. The predicted molar refractivity (Wildman–Crippen MR) is 200 cm³/mol. The van der Waals surface area contributed by atoms with Gasteiger partial charge in [0, 0.05) is 48.5 Å². The molecule has 0 saturated carbocycles. The van der Waals surface area contributed by atoms with E-state index < -0.39 is 7.92 Å². The minimum absolute atomic E-state index is 0.163. The predicted octanol–water partition coefficient (Wildman–Crippen LogP) is 9.07. The summed E-state index contributed by atoms with van der Waals surface area (Å²) in [5.41, 5.74) is 10.6. The number of rotatable bonds is 7. The Bertz CT molecular complexity index is 1810. The van der Waals surface area contributed by atoms with Crippen LogP contribution in [0.2, 0.25) is 0 Å². The van der Waals surface area contributed by atoms with Crippen molar-refractivity contribution < 1.29 is 0 Å². The summed E-state index contributed by atoms with van der Waals surface area (Å²) in [6, 6.07) is 42.3. The van der Waals surface area contributed by atoms with Gasteiger partial charge in [0.15, 0.2) is 0 Å². The fourth-order valence-electron chi connectivity index (χ4n) is 6.96. The van der Waals surface area contributed by atoms with Crippen molar-refractivity contribution in [3.63, 3.8) is 0 Å². The van der Waals surface area contributed by atoms with Crippen LogP contribution in [0.4, 0.5) is 0 Å². The van der Waals surface area contributed by atoms with Crippen molar-refractivity contribution in [2.45, 2.75) is 11.8 Å². The maximum atomic E-state index is 4.01. The van der Waals surface area contributed by atoms with Crippen molar-refractivity contribution in [3.8, 4) is 0 Å². The van der Waals surface area contributed by atoms with E-state index in [1.165, 1.54) is 60.7 Å². The number of likely N-dealkylation sites (N-methyl/N-ethyl adjacent to an activating group) is 2. The van der Waals surface area contributed by atoms with Gasteiger partial charge in [-0.3, -0.25) is 0 Å². The van der Waals surface area contributed by atoms with Gasteiger partial charge < -0.3 is 9.80 Å². The Morgan fingerprint density at radius 1 is 0.489 bits per heavy atom. The van der Waals surface area contributed by atoms with Crippen molar-refractivity contribution in [1.82, 2.24) is 9.80 Å². The monoisotopic (exact) mass is 732 g/mol. The molecule has 0 N–H and O–H groups in total. The van der Waals surface area contributed by atoms with E-state index in [2.05, 4.69) is 197 Å². The minimum Gasteiger partial charge on any atom is -0.380 e. The molecule has 5 aromatic carbocycles. The molecule has 0 radical (unpaired) electrons. The largest absolute Gasteiger partial charge is 0.380 e. The second kappa shape index (κ2) is 12.4. The third kappa shape index (κ3) is 5.31. The summed E-state index contributed by atoms with van der Waals surface area (Å²) in [6.07, 6.45) is 4.89. The molecule has 5 heteroatoms. The van der Waals surface area contributed by atoms with Gasteiger partial charge in [0.1, 0.15) is 0 Å². The molecular weight excluding hydrogens is 699 g/mol. The molecule has 7 rings (SSSR count). The number of benzene rings is 5. The molecule has 5 aromatic rings. The maximum absolute atomic E-state index is 4.01. The highest BCUT2D eigenvalue weighted by Crippen LogP contribution is 2.51. The van der Waals surface area contributed by atoms with Gasteiger partial charge in [-0.05, 0) is 81.5 Å². The van der Waals surface area contributed by atoms with Gasteiger partial charge in [-0.2, -0.15) is 0 Å². The lowest BCUT2D eigenvalue weighted by atomic mass is 9.91. The van der Waals surface area contributed by atoms with Crippen LogP contribution in [-0.2, 0) is 0 Å². The number of hydrogen-bond acceptors (Lipinski definition) is 2. The summed E-state index contributed by atoms with van der Waals surface area (Å²) in [7, 11) is 7.77. The first-order valence-electron chi connectivity index (χ1n) is 15.2. The van der Waals surface area contributed by atoms with E-state index in [1.54, 1.807) is 0 Å². The average molecular weight is 735 g/mol. The molecule has 0 aromatic heterocycles. The highest BCUT2D eigenvalue weighted by Gasteiger charge is 2.37. The molecule has 0 amide bonds. The van der Waals surface area contributed by atoms with Crippen molar-refractivity contribution in [2.24, 2.45) is 0 Å². The lowest BCUT2D eigenvalue weighted by Crippen LogP contribution is -2.25. The van der Waals surface area contributed by atoms with Gasteiger partial charge in [0.05, 0.1) is 11.8 Å². The van der Waals surface area contributed by atoms with Crippen molar-refractivity contribution in [2.75, 3.05) is 28.2 Å².